The Hall–Kier alpha value is -1.92. The van der Waals surface area contributed by atoms with E-state index in [1.165, 1.54) is 0 Å². The first-order valence-electron chi connectivity index (χ1n) is 5.95. The van der Waals surface area contributed by atoms with Crippen LogP contribution in [0, 0.1) is 0 Å². The Balaban J connectivity index is 2.33. The zero-order valence-corrected chi connectivity index (χ0v) is 11.0. The average Bonchev–Trinajstić information content (AvgIpc) is 2.81. The number of nitrogens with two attached hydrogens (primary N) is 1. The maximum Gasteiger partial charge on any atom is 0.411 e. The van der Waals surface area contributed by atoms with Crippen molar-refractivity contribution >= 4 is 11.7 Å². The summed E-state index contributed by atoms with van der Waals surface area (Å²) >= 11 is 0. The highest BCUT2D eigenvalue weighted by Crippen LogP contribution is 2.24. The van der Waals surface area contributed by atoms with E-state index in [4.69, 9.17) is 15.2 Å². The van der Waals surface area contributed by atoms with Gasteiger partial charge in [-0.15, -0.1) is 0 Å². The Morgan fingerprint density at radius 2 is 2.32 bits per heavy atom. The third kappa shape index (κ3) is 3.52. The van der Waals surface area contributed by atoms with Gasteiger partial charge in [0.05, 0.1) is 18.9 Å². The van der Waals surface area contributed by atoms with Crippen molar-refractivity contribution in [3.63, 3.8) is 0 Å². The van der Waals surface area contributed by atoms with Gasteiger partial charge in [-0.05, 0) is 25.7 Å². The minimum atomic E-state index is -0.862. The second kappa shape index (κ2) is 5.81. The van der Waals surface area contributed by atoms with Crippen LogP contribution in [0.15, 0.2) is 18.2 Å². The third-order valence-corrected chi connectivity index (χ3v) is 2.67. The minimum Gasteiger partial charge on any atom is -0.391 e. The zero-order chi connectivity index (χ0) is 13.8. The van der Waals surface area contributed by atoms with Crippen molar-refractivity contribution in [2.75, 3.05) is 27.3 Å². The van der Waals surface area contributed by atoms with Crippen LogP contribution in [0.2, 0.25) is 0 Å². The smallest absolute Gasteiger partial charge is 0.391 e. The predicted octanol–water partition coefficient (Wildman–Crippen LogP) is 1.01. The molecular weight excluding hydrogens is 246 g/mol. The number of aromatic nitrogens is 1. The van der Waals surface area contributed by atoms with Crippen LogP contribution in [0.25, 0.3) is 5.57 Å². The second-order valence-corrected chi connectivity index (χ2v) is 4.55. The van der Waals surface area contributed by atoms with E-state index >= 15 is 0 Å². The number of carbonyl (C=O) groups is 1. The molecule has 2 N–H and O–H groups in total. The topological polar surface area (TPSA) is 77.7 Å². The molecule has 2 heterocycles. The normalized spacial score (nSPS) is 14.6. The van der Waals surface area contributed by atoms with Crippen LogP contribution in [-0.4, -0.2) is 43.3 Å². The lowest BCUT2D eigenvalue weighted by Gasteiger charge is -2.14. The summed E-state index contributed by atoms with van der Waals surface area (Å²) in [6.07, 6.45) is 1.17. The molecule has 0 spiro atoms. The largest absolute Gasteiger partial charge is 0.411 e. The van der Waals surface area contributed by atoms with Crippen LogP contribution in [0.5, 0.6) is 5.88 Å². The molecule has 1 aliphatic rings. The minimum absolute atomic E-state index is 0.215. The summed E-state index contributed by atoms with van der Waals surface area (Å²) in [6, 6.07) is 3.52. The Kier molecular flexibility index (Phi) is 4.13. The SMILES string of the molecule is CN(C)Cc1nc(OC(N)=O)ccc1C1=CCOC1. The first-order chi connectivity index (χ1) is 9.06. The number of rotatable bonds is 4. The third-order valence-electron chi connectivity index (χ3n) is 2.67. The van der Waals surface area contributed by atoms with Gasteiger partial charge in [0, 0.05) is 18.2 Å². The number of hydrogen-bond donors (Lipinski definition) is 1. The van der Waals surface area contributed by atoms with Gasteiger partial charge in [0.25, 0.3) is 0 Å². The summed E-state index contributed by atoms with van der Waals surface area (Å²) < 4.78 is 10.1. The van der Waals surface area contributed by atoms with E-state index in [0.717, 1.165) is 16.8 Å². The van der Waals surface area contributed by atoms with Crippen molar-refractivity contribution in [3.8, 4) is 5.88 Å². The van der Waals surface area contributed by atoms with Gasteiger partial charge in [-0.2, -0.15) is 0 Å². The summed E-state index contributed by atoms with van der Waals surface area (Å²) in [5.74, 6) is 0.215. The van der Waals surface area contributed by atoms with Crippen LogP contribution in [0.3, 0.4) is 0 Å². The molecule has 102 valence electrons. The van der Waals surface area contributed by atoms with E-state index in [1.54, 1.807) is 6.07 Å². The van der Waals surface area contributed by atoms with Gasteiger partial charge in [0.15, 0.2) is 0 Å². The lowest BCUT2D eigenvalue weighted by atomic mass is 10.1. The molecule has 1 aliphatic heterocycles. The Labute approximate surface area is 111 Å². The molecule has 0 aromatic carbocycles. The van der Waals surface area contributed by atoms with Gasteiger partial charge in [-0.3, -0.25) is 0 Å². The number of amides is 1. The van der Waals surface area contributed by atoms with Gasteiger partial charge < -0.3 is 20.1 Å². The lowest BCUT2D eigenvalue weighted by molar-refractivity contribution is 0.208. The molecule has 0 aliphatic carbocycles. The van der Waals surface area contributed by atoms with Crippen molar-refractivity contribution in [2.45, 2.75) is 6.54 Å². The highest BCUT2D eigenvalue weighted by Gasteiger charge is 2.15. The molecule has 6 heteroatoms. The van der Waals surface area contributed by atoms with E-state index in [2.05, 4.69) is 4.98 Å². The van der Waals surface area contributed by atoms with E-state index in [-0.39, 0.29) is 5.88 Å². The fraction of sp³-hybridized carbons (Fsp3) is 0.385. The Morgan fingerprint density at radius 3 is 2.89 bits per heavy atom. The maximum absolute atomic E-state index is 10.8. The van der Waals surface area contributed by atoms with Gasteiger partial charge >= 0.3 is 6.09 Å². The first kappa shape index (κ1) is 13.5. The zero-order valence-electron chi connectivity index (χ0n) is 11.0. The molecule has 6 nitrogen and oxygen atoms in total. The van der Waals surface area contributed by atoms with Crippen molar-refractivity contribution in [2.24, 2.45) is 5.73 Å². The average molecular weight is 263 g/mol. The van der Waals surface area contributed by atoms with Gasteiger partial charge in [0.1, 0.15) is 0 Å². The molecule has 19 heavy (non-hydrogen) atoms. The van der Waals surface area contributed by atoms with Gasteiger partial charge in [-0.1, -0.05) is 6.08 Å². The Bertz CT molecular complexity index is 512. The van der Waals surface area contributed by atoms with Crippen LogP contribution in [-0.2, 0) is 11.3 Å². The molecule has 0 bridgehead atoms. The second-order valence-electron chi connectivity index (χ2n) is 4.55. The molecule has 0 saturated carbocycles. The molecule has 1 aromatic heterocycles. The maximum atomic E-state index is 10.8. The summed E-state index contributed by atoms with van der Waals surface area (Å²) in [5, 5.41) is 0. The molecule has 0 saturated heterocycles. The molecule has 2 rings (SSSR count). The van der Waals surface area contributed by atoms with Gasteiger partial charge in [-0.25, -0.2) is 9.78 Å². The van der Waals surface area contributed by atoms with E-state index in [9.17, 15) is 4.79 Å². The molecule has 0 fully saturated rings. The molecule has 0 radical (unpaired) electrons. The van der Waals surface area contributed by atoms with Crippen molar-refractivity contribution in [1.29, 1.82) is 0 Å². The quantitative estimate of drug-likeness (QED) is 0.877. The number of primary amides is 1. The predicted molar refractivity (Wildman–Crippen MR) is 70.6 cm³/mol. The standard InChI is InChI=1S/C13H17N3O3/c1-16(2)7-11-10(9-5-6-18-8-9)3-4-12(15-11)19-13(14)17/h3-5H,6-8H2,1-2H3,(H2,14,17). The number of pyridine rings is 1. The Morgan fingerprint density at radius 1 is 1.53 bits per heavy atom. The van der Waals surface area contributed by atoms with Crippen molar-refractivity contribution < 1.29 is 14.3 Å². The molecule has 0 unspecified atom stereocenters. The highest BCUT2D eigenvalue weighted by molar-refractivity contribution is 5.71. The molecule has 1 amide bonds. The number of nitrogens with zero attached hydrogens (tertiary/aromatic N) is 2. The number of carbonyl (C=O) groups excluding carboxylic acids is 1. The van der Waals surface area contributed by atoms with Crippen LogP contribution in [0.1, 0.15) is 11.3 Å². The summed E-state index contributed by atoms with van der Waals surface area (Å²) in [7, 11) is 3.90. The van der Waals surface area contributed by atoms with E-state index in [0.29, 0.717) is 19.8 Å². The lowest BCUT2D eigenvalue weighted by Crippen LogP contribution is -2.19. The molecule has 1 aromatic rings. The highest BCUT2D eigenvalue weighted by atomic mass is 16.6. The fourth-order valence-corrected chi connectivity index (χ4v) is 1.93. The molecular formula is C13H17N3O3. The van der Waals surface area contributed by atoms with Crippen molar-refractivity contribution in [1.82, 2.24) is 9.88 Å². The number of ether oxygens (including phenoxy) is 2. The van der Waals surface area contributed by atoms with Crippen LogP contribution in [0.4, 0.5) is 4.79 Å². The van der Waals surface area contributed by atoms with Crippen LogP contribution < -0.4 is 10.5 Å². The monoisotopic (exact) mass is 263 g/mol. The fourth-order valence-electron chi connectivity index (χ4n) is 1.93. The first-order valence-corrected chi connectivity index (χ1v) is 5.95. The summed E-state index contributed by atoms with van der Waals surface area (Å²) in [5.41, 5.74) is 7.95. The number of hydrogen-bond acceptors (Lipinski definition) is 5. The van der Waals surface area contributed by atoms with E-state index in [1.807, 2.05) is 31.1 Å². The van der Waals surface area contributed by atoms with Gasteiger partial charge in [0.2, 0.25) is 5.88 Å². The summed E-state index contributed by atoms with van der Waals surface area (Å²) in [6.45, 7) is 1.84. The van der Waals surface area contributed by atoms with Crippen LogP contribution >= 0.6 is 0 Å². The van der Waals surface area contributed by atoms with Crippen molar-refractivity contribution in [3.05, 3.63) is 29.5 Å². The summed E-state index contributed by atoms with van der Waals surface area (Å²) in [4.78, 5) is 17.1. The molecule has 0 atom stereocenters. The van der Waals surface area contributed by atoms with E-state index < -0.39 is 6.09 Å².